The second-order valence-corrected chi connectivity index (χ2v) is 6.42. The third-order valence-corrected chi connectivity index (χ3v) is 4.85. The molecule has 2 heteroatoms. The number of rotatable bonds is 5. The van der Waals surface area contributed by atoms with Crippen molar-refractivity contribution in [2.24, 2.45) is 0 Å². The molecule has 0 aliphatic heterocycles. The Morgan fingerprint density at radius 3 is 2.60 bits per heavy atom. The molecule has 20 heavy (non-hydrogen) atoms. The molecule has 2 nitrogen and oxygen atoms in total. The zero-order valence-corrected chi connectivity index (χ0v) is 12.8. The average molecular weight is 273 g/mol. The molecule has 1 aromatic carbocycles. The molecule has 1 fully saturated rings. The molecule has 3 rings (SSSR count). The molecule has 0 amide bonds. The van der Waals surface area contributed by atoms with Gasteiger partial charge >= 0.3 is 0 Å². The normalized spacial score (nSPS) is 29.8. The van der Waals surface area contributed by atoms with Gasteiger partial charge in [-0.15, -0.1) is 0 Å². The van der Waals surface area contributed by atoms with Gasteiger partial charge in [-0.3, -0.25) is 0 Å². The van der Waals surface area contributed by atoms with E-state index in [0.29, 0.717) is 24.2 Å². The molecule has 110 valence electrons. The van der Waals surface area contributed by atoms with E-state index in [1.165, 1.54) is 36.8 Å². The van der Waals surface area contributed by atoms with Crippen LogP contribution < -0.4 is 5.32 Å². The van der Waals surface area contributed by atoms with Crippen molar-refractivity contribution in [1.82, 2.24) is 5.32 Å². The quantitative estimate of drug-likeness (QED) is 0.869. The lowest BCUT2D eigenvalue weighted by molar-refractivity contribution is -0.0754. The van der Waals surface area contributed by atoms with Crippen LogP contribution >= 0.6 is 0 Å². The second-order valence-electron chi connectivity index (χ2n) is 6.42. The average Bonchev–Trinajstić information content (AvgIpc) is 2.42. The lowest BCUT2D eigenvalue weighted by atomic mass is 9.78. The minimum Gasteiger partial charge on any atom is -0.373 e. The van der Waals surface area contributed by atoms with Crippen molar-refractivity contribution in [3.8, 4) is 0 Å². The van der Waals surface area contributed by atoms with Crippen LogP contribution in [0.25, 0.3) is 0 Å². The van der Waals surface area contributed by atoms with Gasteiger partial charge in [0.1, 0.15) is 0 Å². The fourth-order valence-electron chi connectivity index (χ4n) is 3.48. The highest BCUT2D eigenvalue weighted by molar-refractivity contribution is 5.36. The summed E-state index contributed by atoms with van der Waals surface area (Å²) in [5.74, 6) is 0.607. The van der Waals surface area contributed by atoms with E-state index in [-0.39, 0.29) is 0 Å². The summed E-state index contributed by atoms with van der Waals surface area (Å²) in [4.78, 5) is 0. The topological polar surface area (TPSA) is 21.3 Å². The smallest absolute Gasteiger partial charge is 0.0779 e. The molecule has 1 saturated carbocycles. The van der Waals surface area contributed by atoms with Gasteiger partial charge in [-0.2, -0.15) is 0 Å². The molecule has 3 unspecified atom stereocenters. The van der Waals surface area contributed by atoms with Crippen LogP contribution in [0.4, 0.5) is 0 Å². The molecule has 2 aliphatic rings. The third-order valence-electron chi connectivity index (χ3n) is 4.85. The maximum Gasteiger partial charge on any atom is 0.0779 e. The molecule has 0 saturated heterocycles. The summed E-state index contributed by atoms with van der Waals surface area (Å²) >= 11 is 0. The summed E-state index contributed by atoms with van der Waals surface area (Å²) in [5.41, 5.74) is 2.97. The van der Waals surface area contributed by atoms with Crippen LogP contribution in [0, 0.1) is 0 Å². The maximum absolute atomic E-state index is 6.40. The largest absolute Gasteiger partial charge is 0.373 e. The van der Waals surface area contributed by atoms with E-state index in [4.69, 9.17) is 4.74 Å². The predicted molar refractivity (Wildman–Crippen MR) is 83.0 cm³/mol. The van der Waals surface area contributed by atoms with Crippen LogP contribution in [-0.4, -0.2) is 18.8 Å². The van der Waals surface area contributed by atoms with E-state index in [0.717, 1.165) is 13.0 Å². The second kappa shape index (κ2) is 6.28. The van der Waals surface area contributed by atoms with Gasteiger partial charge in [0.15, 0.2) is 0 Å². The summed E-state index contributed by atoms with van der Waals surface area (Å²) in [6.07, 6.45) is 7.04. The van der Waals surface area contributed by atoms with Gasteiger partial charge in [0.05, 0.1) is 18.2 Å². The maximum atomic E-state index is 6.40. The van der Waals surface area contributed by atoms with Gasteiger partial charge in [-0.25, -0.2) is 0 Å². The van der Waals surface area contributed by atoms with E-state index in [2.05, 4.69) is 43.4 Å². The highest BCUT2D eigenvalue weighted by Crippen LogP contribution is 2.40. The molecule has 0 spiro atoms. The van der Waals surface area contributed by atoms with E-state index in [9.17, 15) is 0 Å². The Labute approximate surface area is 122 Å². The van der Waals surface area contributed by atoms with Crippen molar-refractivity contribution in [3.05, 3.63) is 35.4 Å². The van der Waals surface area contributed by atoms with Gasteiger partial charge in [0.25, 0.3) is 0 Å². The van der Waals surface area contributed by atoms with Crippen molar-refractivity contribution in [3.63, 3.8) is 0 Å². The van der Waals surface area contributed by atoms with Crippen molar-refractivity contribution >= 4 is 0 Å². The molecule has 0 aromatic heterocycles. The van der Waals surface area contributed by atoms with Gasteiger partial charge < -0.3 is 10.1 Å². The zero-order chi connectivity index (χ0) is 13.9. The van der Waals surface area contributed by atoms with Crippen LogP contribution in [0.15, 0.2) is 24.3 Å². The van der Waals surface area contributed by atoms with Crippen LogP contribution in [-0.2, 0) is 4.74 Å². The van der Waals surface area contributed by atoms with Gasteiger partial charge in [0.2, 0.25) is 0 Å². The lowest BCUT2D eigenvalue weighted by Crippen LogP contribution is -2.42. The van der Waals surface area contributed by atoms with Gasteiger partial charge in [-0.1, -0.05) is 38.1 Å². The van der Waals surface area contributed by atoms with Crippen LogP contribution in [0.1, 0.15) is 69.0 Å². The van der Waals surface area contributed by atoms with E-state index < -0.39 is 0 Å². The molecule has 1 N–H and O–H groups in total. The van der Waals surface area contributed by atoms with Crippen LogP contribution in [0.2, 0.25) is 0 Å². The first kappa shape index (κ1) is 14.1. The fourth-order valence-corrected chi connectivity index (χ4v) is 3.48. The fraction of sp³-hybridized carbons (Fsp3) is 0.667. The van der Waals surface area contributed by atoms with Gasteiger partial charge in [-0.05, 0) is 55.7 Å². The number of nitrogens with one attached hydrogen (secondary N) is 1. The number of hydrogen-bond acceptors (Lipinski definition) is 2. The SMILES string of the molecule is CCCNC1c2ccccc2C(C)CC1OC1CCC1. The summed E-state index contributed by atoms with van der Waals surface area (Å²) in [7, 11) is 0. The molecular formula is C18H27NO. The minimum atomic E-state index is 0.344. The van der Waals surface area contributed by atoms with Crippen LogP contribution in [0.5, 0.6) is 0 Å². The lowest BCUT2D eigenvalue weighted by Gasteiger charge is -2.41. The first-order chi connectivity index (χ1) is 9.79. The Kier molecular flexibility index (Phi) is 4.42. The Morgan fingerprint density at radius 2 is 1.95 bits per heavy atom. The summed E-state index contributed by atoms with van der Waals surface area (Å²) in [5, 5.41) is 3.73. The highest BCUT2D eigenvalue weighted by Gasteiger charge is 2.35. The Hall–Kier alpha value is -0.860. The first-order valence-electron chi connectivity index (χ1n) is 8.27. The molecule has 0 heterocycles. The zero-order valence-electron chi connectivity index (χ0n) is 12.8. The first-order valence-corrected chi connectivity index (χ1v) is 8.27. The molecular weight excluding hydrogens is 246 g/mol. The molecule has 0 radical (unpaired) electrons. The third kappa shape index (κ3) is 2.77. The van der Waals surface area contributed by atoms with Crippen molar-refractivity contribution in [2.75, 3.05) is 6.54 Å². The van der Waals surface area contributed by atoms with E-state index >= 15 is 0 Å². The van der Waals surface area contributed by atoms with Crippen molar-refractivity contribution in [2.45, 2.75) is 70.1 Å². The monoisotopic (exact) mass is 273 g/mol. The number of benzene rings is 1. The molecule has 3 atom stereocenters. The van der Waals surface area contributed by atoms with Crippen molar-refractivity contribution < 1.29 is 4.74 Å². The number of ether oxygens (including phenoxy) is 1. The summed E-state index contributed by atoms with van der Waals surface area (Å²) < 4.78 is 6.40. The summed E-state index contributed by atoms with van der Waals surface area (Å²) in [6, 6.07) is 9.29. The van der Waals surface area contributed by atoms with Crippen LogP contribution in [0.3, 0.4) is 0 Å². The van der Waals surface area contributed by atoms with Gasteiger partial charge in [0, 0.05) is 0 Å². The number of hydrogen-bond donors (Lipinski definition) is 1. The summed E-state index contributed by atoms with van der Waals surface area (Å²) in [6.45, 7) is 5.63. The number of fused-ring (bicyclic) bond motifs is 1. The Balaban J connectivity index is 1.82. The van der Waals surface area contributed by atoms with E-state index in [1.54, 1.807) is 0 Å². The predicted octanol–water partition coefficient (Wildman–Crippen LogP) is 4.17. The Bertz CT molecular complexity index is 441. The Morgan fingerprint density at radius 1 is 1.20 bits per heavy atom. The van der Waals surface area contributed by atoms with Crippen molar-refractivity contribution in [1.29, 1.82) is 0 Å². The highest BCUT2D eigenvalue weighted by atomic mass is 16.5. The molecule has 1 aromatic rings. The molecule has 2 aliphatic carbocycles. The van der Waals surface area contributed by atoms with E-state index in [1.807, 2.05) is 0 Å². The molecule has 0 bridgehead atoms. The minimum absolute atomic E-state index is 0.344. The standard InChI is InChI=1S/C18H27NO/c1-3-11-19-18-16-10-5-4-9-15(16)13(2)12-17(18)20-14-7-6-8-14/h4-5,9-10,13-14,17-19H,3,6-8,11-12H2,1-2H3.